The third-order valence-electron chi connectivity index (χ3n) is 2.72. The number of aromatic nitrogens is 1. The molecule has 1 N–H and O–H groups in total. The molecule has 1 aromatic heterocycles. The Bertz CT molecular complexity index is 543. The Balaban J connectivity index is 2.12. The highest BCUT2D eigenvalue weighted by Crippen LogP contribution is 2.22. The third-order valence-corrected chi connectivity index (χ3v) is 3.05. The molecule has 2 aromatic rings. The van der Waals surface area contributed by atoms with Crippen molar-refractivity contribution in [2.75, 3.05) is 5.32 Å². The molecule has 1 heterocycles. The van der Waals surface area contributed by atoms with Gasteiger partial charge in [-0.3, -0.25) is 9.78 Å². The van der Waals surface area contributed by atoms with Crippen LogP contribution in [0.5, 0.6) is 0 Å². The lowest BCUT2D eigenvalue weighted by Gasteiger charge is -2.12. The maximum atomic E-state index is 12.1. The van der Waals surface area contributed by atoms with Crippen molar-refractivity contribution in [1.82, 2.24) is 4.98 Å². The van der Waals surface area contributed by atoms with E-state index in [-0.39, 0.29) is 11.8 Å². The van der Waals surface area contributed by atoms with Crippen molar-refractivity contribution in [2.45, 2.75) is 12.8 Å². The standard InChI is InChI=1S/C14H13ClN2O/c1-10(11-5-3-2-4-6-11)14(18)17-13-9-16-8-7-12(13)15/h2-10H,1H3,(H,17,18). The van der Waals surface area contributed by atoms with Crippen LogP contribution in [0.1, 0.15) is 18.4 Å². The summed E-state index contributed by atoms with van der Waals surface area (Å²) in [5, 5.41) is 3.26. The van der Waals surface area contributed by atoms with Crippen LogP contribution in [0.15, 0.2) is 48.8 Å². The van der Waals surface area contributed by atoms with Gasteiger partial charge in [-0.1, -0.05) is 41.9 Å². The predicted molar refractivity (Wildman–Crippen MR) is 72.7 cm³/mol. The van der Waals surface area contributed by atoms with Crippen molar-refractivity contribution in [2.24, 2.45) is 0 Å². The number of carbonyl (C=O) groups excluding carboxylic acids is 1. The fourth-order valence-electron chi connectivity index (χ4n) is 1.60. The van der Waals surface area contributed by atoms with Gasteiger partial charge in [0.15, 0.2) is 0 Å². The van der Waals surface area contributed by atoms with Gasteiger partial charge >= 0.3 is 0 Å². The number of hydrogen-bond acceptors (Lipinski definition) is 2. The van der Waals surface area contributed by atoms with Crippen molar-refractivity contribution in [3.8, 4) is 0 Å². The number of carbonyl (C=O) groups is 1. The van der Waals surface area contributed by atoms with Crippen molar-refractivity contribution in [1.29, 1.82) is 0 Å². The molecule has 1 aromatic carbocycles. The molecule has 2 rings (SSSR count). The van der Waals surface area contributed by atoms with E-state index in [1.165, 1.54) is 6.20 Å². The zero-order valence-corrected chi connectivity index (χ0v) is 10.7. The Hall–Kier alpha value is -1.87. The van der Waals surface area contributed by atoms with E-state index < -0.39 is 0 Å². The van der Waals surface area contributed by atoms with Gasteiger partial charge in [0, 0.05) is 6.20 Å². The molecule has 0 aliphatic rings. The number of pyridine rings is 1. The molecule has 0 saturated heterocycles. The molecule has 1 unspecified atom stereocenters. The summed E-state index contributed by atoms with van der Waals surface area (Å²) in [4.78, 5) is 16.0. The minimum atomic E-state index is -0.234. The summed E-state index contributed by atoms with van der Waals surface area (Å²) in [6.45, 7) is 1.86. The number of rotatable bonds is 3. The normalized spacial score (nSPS) is 11.9. The summed E-state index contributed by atoms with van der Waals surface area (Å²) in [5.41, 5.74) is 1.50. The lowest BCUT2D eigenvalue weighted by molar-refractivity contribution is -0.117. The summed E-state index contributed by atoms with van der Waals surface area (Å²) in [5.74, 6) is -0.335. The number of nitrogens with zero attached hydrogens (tertiary/aromatic N) is 1. The van der Waals surface area contributed by atoms with E-state index in [1.807, 2.05) is 37.3 Å². The van der Waals surface area contributed by atoms with Gasteiger partial charge in [0.2, 0.25) is 5.91 Å². The molecule has 92 valence electrons. The highest BCUT2D eigenvalue weighted by Gasteiger charge is 2.15. The van der Waals surface area contributed by atoms with Gasteiger partial charge < -0.3 is 5.32 Å². The van der Waals surface area contributed by atoms with Gasteiger partial charge in [0.1, 0.15) is 0 Å². The average molecular weight is 261 g/mol. The van der Waals surface area contributed by atoms with Crippen molar-refractivity contribution in [3.63, 3.8) is 0 Å². The fourth-order valence-corrected chi connectivity index (χ4v) is 1.76. The summed E-state index contributed by atoms with van der Waals surface area (Å²) >= 11 is 5.96. The molecule has 0 aliphatic heterocycles. The van der Waals surface area contributed by atoms with E-state index in [4.69, 9.17) is 11.6 Å². The second-order valence-corrected chi connectivity index (χ2v) is 4.38. The van der Waals surface area contributed by atoms with Crippen LogP contribution >= 0.6 is 11.6 Å². The molecule has 0 radical (unpaired) electrons. The van der Waals surface area contributed by atoms with Gasteiger partial charge in [-0.2, -0.15) is 0 Å². The third kappa shape index (κ3) is 2.87. The number of amides is 1. The van der Waals surface area contributed by atoms with Crippen LogP contribution in [0.2, 0.25) is 5.02 Å². The fraction of sp³-hybridized carbons (Fsp3) is 0.143. The minimum absolute atomic E-state index is 0.101. The quantitative estimate of drug-likeness (QED) is 0.918. The Morgan fingerprint density at radius 3 is 2.67 bits per heavy atom. The smallest absolute Gasteiger partial charge is 0.231 e. The van der Waals surface area contributed by atoms with Crippen LogP contribution in [0.4, 0.5) is 5.69 Å². The molecule has 4 heteroatoms. The second-order valence-electron chi connectivity index (χ2n) is 3.98. The van der Waals surface area contributed by atoms with E-state index >= 15 is 0 Å². The van der Waals surface area contributed by atoms with Crippen molar-refractivity contribution in [3.05, 3.63) is 59.4 Å². The highest BCUT2D eigenvalue weighted by atomic mass is 35.5. The van der Waals surface area contributed by atoms with Gasteiger partial charge in [0.25, 0.3) is 0 Å². The summed E-state index contributed by atoms with van der Waals surface area (Å²) in [6.07, 6.45) is 3.12. The van der Waals surface area contributed by atoms with E-state index in [0.717, 1.165) is 5.56 Å². The van der Waals surface area contributed by atoms with E-state index in [1.54, 1.807) is 12.3 Å². The molecular weight excluding hydrogens is 248 g/mol. The molecule has 3 nitrogen and oxygen atoms in total. The average Bonchev–Trinajstić information content (AvgIpc) is 2.41. The number of halogens is 1. The number of nitrogens with one attached hydrogen (secondary N) is 1. The van der Waals surface area contributed by atoms with Gasteiger partial charge in [-0.25, -0.2) is 0 Å². The van der Waals surface area contributed by atoms with Gasteiger partial charge in [-0.15, -0.1) is 0 Å². The van der Waals surface area contributed by atoms with Crippen molar-refractivity contribution < 1.29 is 4.79 Å². The van der Waals surface area contributed by atoms with Crippen LogP contribution in [-0.2, 0) is 4.79 Å². The van der Waals surface area contributed by atoms with E-state index in [0.29, 0.717) is 10.7 Å². The SMILES string of the molecule is CC(C(=O)Nc1cnccc1Cl)c1ccccc1. The Kier molecular flexibility index (Phi) is 3.95. The molecule has 0 saturated carbocycles. The van der Waals surface area contributed by atoms with Crippen LogP contribution in [-0.4, -0.2) is 10.9 Å². The molecule has 0 aliphatic carbocycles. The number of hydrogen-bond donors (Lipinski definition) is 1. The molecule has 18 heavy (non-hydrogen) atoms. The molecule has 0 fully saturated rings. The first-order valence-corrected chi connectivity index (χ1v) is 6.01. The number of benzene rings is 1. The zero-order chi connectivity index (χ0) is 13.0. The summed E-state index contributed by atoms with van der Waals surface area (Å²) in [7, 11) is 0. The minimum Gasteiger partial charge on any atom is -0.323 e. The Morgan fingerprint density at radius 2 is 2.00 bits per heavy atom. The van der Waals surface area contributed by atoms with Crippen LogP contribution in [0.3, 0.4) is 0 Å². The zero-order valence-electron chi connectivity index (χ0n) is 9.93. The predicted octanol–water partition coefficient (Wildman–Crippen LogP) is 3.48. The molecule has 1 atom stereocenters. The first kappa shape index (κ1) is 12.6. The van der Waals surface area contributed by atoms with Crippen LogP contribution in [0, 0.1) is 0 Å². The maximum absolute atomic E-state index is 12.1. The molecule has 1 amide bonds. The van der Waals surface area contributed by atoms with Crippen LogP contribution < -0.4 is 5.32 Å². The van der Waals surface area contributed by atoms with Gasteiger partial charge in [0.05, 0.1) is 22.8 Å². The maximum Gasteiger partial charge on any atom is 0.231 e. The first-order chi connectivity index (χ1) is 8.68. The highest BCUT2D eigenvalue weighted by molar-refractivity contribution is 6.33. The largest absolute Gasteiger partial charge is 0.323 e. The topological polar surface area (TPSA) is 42.0 Å². The lowest BCUT2D eigenvalue weighted by Crippen LogP contribution is -2.19. The first-order valence-electron chi connectivity index (χ1n) is 5.64. The van der Waals surface area contributed by atoms with E-state index in [9.17, 15) is 4.79 Å². The summed E-state index contributed by atoms with van der Waals surface area (Å²) in [6, 6.07) is 11.2. The van der Waals surface area contributed by atoms with Gasteiger partial charge in [-0.05, 0) is 18.6 Å². The summed E-state index contributed by atoms with van der Waals surface area (Å²) < 4.78 is 0. The lowest BCUT2D eigenvalue weighted by atomic mass is 10.0. The number of anilines is 1. The van der Waals surface area contributed by atoms with Crippen molar-refractivity contribution >= 4 is 23.2 Å². The molecular formula is C14H13ClN2O. The second kappa shape index (κ2) is 5.65. The molecule has 0 bridgehead atoms. The molecule has 0 spiro atoms. The Morgan fingerprint density at radius 1 is 1.28 bits per heavy atom. The van der Waals surface area contributed by atoms with E-state index in [2.05, 4.69) is 10.3 Å². The van der Waals surface area contributed by atoms with Crippen LogP contribution in [0.25, 0.3) is 0 Å². The Labute approximate surface area is 111 Å². The monoisotopic (exact) mass is 260 g/mol.